The predicted molar refractivity (Wildman–Crippen MR) is 78.9 cm³/mol. The summed E-state index contributed by atoms with van der Waals surface area (Å²) in [6.07, 6.45) is 4.12. The number of hydrogen-bond acceptors (Lipinski definition) is 4. The zero-order valence-corrected chi connectivity index (χ0v) is 12.4. The zero-order chi connectivity index (χ0) is 14.4. The molecule has 1 fully saturated rings. The van der Waals surface area contributed by atoms with Crippen LogP contribution in [0.1, 0.15) is 43.2 Å². The Morgan fingerprint density at radius 2 is 2.10 bits per heavy atom. The fraction of sp³-hybridized carbons (Fsp3) is 0.588. The lowest BCUT2D eigenvalue weighted by atomic mass is 9.84. The number of hydrogen-bond donors (Lipinski definition) is 0. The van der Waals surface area contributed by atoms with E-state index in [9.17, 15) is 4.79 Å². The second kappa shape index (κ2) is 5.02. The van der Waals surface area contributed by atoms with Gasteiger partial charge in [-0.2, -0.15) is 0 Å². The predicted octanol–water partition coefficient (Wildman–Crippen LogP) is 2.50. The Morgan fingerprint density at radius 3 is 2.90 bits per heavy atom. The second-order valence-electron chi connectivity index (χ2n) is 6.41. The number of carbonyl (C=O) groups is 1. The van der Waals surface area contributed by atoms with Crippen LogP contribution in [0.4, 0.5) is 0 Å². The molecule has 0 radical (unpaired) electrons. The molecule has 0 aliphatic carbocycles. The lowest BCUT2D eigenvalue weighted by molar-refractivity contribution is -0.117. The Morgan fingerprint density at radius 1 is 1.29 bits per heavy atom. The molecule has 0 aromatic heterocycles. The molecule has 4 rings (SSSR count). The lowest BCUT2D eigenvalue weighted by Gasteiger charge is -2.29. The van der Waals surface area contributed by atoms with Crippen molar-refractivity contribution in [3.63, 3.8) is 0 Å². The van der Waals surface area contributed by atoms with E-state index in [2.05, 4.69) is 17.0 Å². The molecule has 3 heterocycles. The Kier molecular flexibility index (Phi) is 3.14. The van der Waals surface area contributed by atoms with Gasteiger partial charge < -0.3 is 14.3 Å². The normalized spacial score (nSPS) is 27.1. The molecule has 1 aromatic carbocycles. The van der Waals surface area contributed by atoms with Gasteiger partial charge in [-0.15, -0.1) is 0 Å². The van der Waals surface area contributed by atoms with Gasteiger partial charge in [-0.1, -0.05) is 0 Å². The van der Waals surface area contributed by atoms with Gasteiger partial charge in [0.1, 0.15) is 5.78 Å². The van der Waals surface area contributed by atoms with E-state index in [-0.39, 0.29) is 5.78 Å². The number of carbonyl (C=O) groups excluding carboxylic acids is 1. The Balaban J connectivity index is 1.79. The van der Waals surface area contributed by atoms with Gasteiger partial charge in [-0.3, -0.25) is 4.90 Å². The minimum Gasteiger partial charge on any atom is -0.454 e. The molecule has 3 aliphatic heterocycles. The van der Waals surface area contributed by atoms with E-state index in [1.54, 1.807) is 6.92 Å². The van der Waals surface area contributed by atoms with E-state index in [0.29, 0.717) is 25.2 Å². The summed E-state index contributed by atoms with van der Waals surface area (Å²) in [6.45, 7) is 4.27. The van der Waals surface area contributed by atoms with Crippen LogP contribution in [0.2, 0.25) is 0 Å². The standard InChI is InChI=1S/C17H21NO3/c1-11(19)7-14-13-9-17-16(20-10-21-17)8-12(13)4-6-18-5-2-3-15(14)18/h8-9,14-15H,2-7,10H2,1H3. The summed E-state index contributed by atoms with van der Waals surface area (Å²) in [4.78, 5) is 14.4. The molecule has 2 unspecified atom stereocenters. The summed E-state index contributed by atoms with van der Waals surface area (Å²) in [5, 5.41) is 0. The molecular weight excluding hydrogens is 266 g/mol. The first kappa shape index (κ1) is 13.1. The zero-order valence-electron chi connectivity index (χ0n) is 12.4. The molecule has 3 aliphatic rings. The van der Waals surface area contributed by atoms with Crippen LogP contribution in [0.25, 0.3) is 0 Å². The van der Waals surface area contributed by atoms with Crippen molar-refractivity contribution in [1.29, 1.82) is 0 Å². The molecule has 0 amide bonds. The Bertz CT molecular complexity index is 584. The molecule has 1 saturated heterocycles. The van der Waals surface area contributed by atoms with E-state index in [1.807, 2.05) is 0 Å². The van der Waals surface area contributed by atoms with Crippen LogP contribution < -0.4 is 9.47 Å². The number of ketones is 1. The highest BCUT2D eigenvalue weighted by atomic mass is 16.7. The number of rotatable bonds is 2. The average Bonchev–Trinajstić information content (AvgIpc) is 3.07. The van der Waals surface area contributed by atoms with Crippen molar-refractivity contribution in [2.45, 2.75) is 44.6 Å². The van der Waals surface area contributed by atoms with E-state index in [4.69, 9.17) is 9.47 Å². The highest BCUT2D eigenvalue weighted by molar-refractivity contribution is 5.77. The molecule has 0 saturated carbocycles. The molecule has 0 bridgehead atoms. The van der Waals surface area contributed by atoms with Gasteiger partial charge in [0.05, 0.1) is 0 Å². The highest BCUT2D eigenvalue weighted by Crippen LogP contribution is 2.43. The fourth-order valence-corrected chi connectivity index (χ4v) is 4.17. The van der Waals surface area contributed by atoms with Gasteiger partial charge in [0, 0.05) is 24.9 Å². The van der Waals surface area contributed by atoms with Crippen molar-refractivity contribution in [2.75, 3.05) is 19.9 Å². The highest BCUT2D eigenvalue weighted by Gasteiger charge is 2.37. The van der Waals surface area contributed by atoms with Crippen molar-refractivity contribution in [3.8, 4) is 11.5 Å². The van der Waals surface area contributed by atoms with Gasteiger partial charge in [-0.25, -0.2) is 0 Å². The van der Waals surface area contributed by atoms with Crippen molar-refractivity contribution in [3.05, 3.63) is 23.3 Å². The number of ether oxygens (including phenoxy) is 2. The van der Waals surface area contributed by atoms with Crippen LogP contribution in [-0.2, 0) is 11.2 Å². The summed E-state index contributed by atoms with van der Waals surface area (Å²) in [6, 6.07) is 4.77. The topological polar surface area (TPSA) is 38.8 Å². The van der Waals surface area contributed by atoms with Crippen LogP contribution in [0.5, 0.6) is 11.5 Å². The SMILES string of the molecule is CC(=O)CC1c2cc3c(cc2CCN2CCCC12)OCO3. The van der Waals surface area contributed by atoms with Crippen molar-refractivity contribution >= 4 is 5.78 Å². The number of fused-ring (bicyclic) bond motifs is 3. The summed E-state index contributed by atoms with van der Waals surface area (Å²) >= 11 is 0. The molecule has 0 spiro atoms. The quantitative estimate of drug-likeness (QED) is 0.838. The third-order valence-electron chi connectivity index (χ3n) is 5.09. The number of nitrogens with zero attached hydrogens (tertiary/aromatic N) is 1. The third kappa shape index (κ3) is 2.22. The molecule has 0 N–H and O–H groups in total. The first-order chi connectivity index (χ1) is 10.2. The third-order valence-corrected chi connectivity index (χ3v) is 5.09. The minimum atomic E-state index is 0.275. The summed E-state index contributed by atoms with van der Waals surface area (Å²) in [5.41, 5.74) is 2.64. The number of benzene rings is 1. The van der Waals surface area contributed by atoms with Gasteiger partial charge in [-0.05, 0) is 56.0 Å². The molecule has 4 nitrogen and oxygen atoms in total. The van der Waals surface area contributed by atoms with Crippen LogP contribution in [0.3, 0.4) is 0 Å². The lowest BCUT2D eigenvalue weighted by Crippen LogP contribution is -2.34. The molecule has 2 atom stereocenters. The van der Waals surface area contributed by atoms with E-state index >= 15 is 0 Å². The van der Waals surface area contributed by atoms with Gasteiger partial charge in [0.25, 0.3) is 0 Å². The molecule has 112 valence electrons. The second-order valence-corrected chi connectivity index (χ2v) is 6.41. The van der Waals surface area contributed by atoms with Gasteiger partial charge >= 0.3 is 0 Å². The average molecular weight is 287 g/mol. The van der Waals surface area contributed by atoms with E-state index < -0.39 is 0 Å². The summed E-state index contributed by atoms with van der Waals surface area (Å²) in [5.74, 6) is 2.28. The van der Waals surface area contributed by atoms with E-state index in [0.717, 1.165) is 24.5 Å². The maximum absolute atomic E-state index is 11.8. The summed E-state index contributed by atoms with van der Waals surface area (Å²) in [7, 11) is 0. The largest absolute Gasteiger partial charge is 0.454 e. The maximum Gasteiger partial charge on any atom is 0.231 e. The Labute approximate surface area is 125 Å². The molecule has 1 aromatic rings. The van der Waals surface area contributed by atoms with Crippen molar-refractivity contribution in [1.82, 2.24) is 4.90 Å². The van der Waals surface area contributed by atoms with Crippen LogP contribution in [-0.4, -0.2) is 36.6 Å². The first-order valence-corrected chi connectivity index (χ1v) is 7.88. The van der Waals surface area contributed by atoms with Gasteiger partial charge in [0.2, 0.25) is 6.79 Å². The fourth-order valence-electron chi connectivity index (χ4n) is 4.17. The Hall–Kier alpha value is -1.55. The maximum atomic E-state index is 11.8. The van der Waals surface area contributed by atoms with Crippen LogP contribution >= 0.6 is 0 Å². The van der Waals surface area contributed by atoms with E-state index in [1.165, 1.54) is 30.5 Å². The summed E-state index contributed by atoms with van der Waals surface area (Å²) < 4.78 is 11.1. The van der Waals surface area contributed by atoms with Gasteiger partial charge in [0.15, 0.2) is 11.5 Å². The van der Waals surface area contributed by atoms with Crippen LogP contribution in [0.15, 0.2) is 12.1 Å². The monoisotopic (exact) mass is 287 g/mol. The van der Waals surface area contributed by atoms with Crippen molar-refractivity contribution < 1.29 is 14.3 Å². The molecule has 21 heavy (non-hydrogen) atoms. The number of Topliss-reactive ketones (excluding diaryl/α,β-unsaturated/α-hetero) is 1. The van der Waals surface area contributed by atoms with Crippen molar-refractivity contribution in [2.24, 2.45) is 0 Å². The molecule has 4 heteroatoms. The molecular formula is C17H21NO3. The van der Waals surface area contributed by atoms with Crippen LogP contribution in [0, 0.1) is 0 Å². The minimum absolute atomic E-state index is 0.275. The smallest absolute Gasteiger partial charge is 0.231 e. The first-order valence-electron chi connectivity index (χ1n) is 7.88.